The van der Waals surface area contributed by atoms with E-state index in [2.05, 4.69) is 68.3 Å². The molecular weight excluding hydrogens is 669 g/mol. The Morgan fingerprint density at radius 1 is 0.780 bits per heavy atom. The molecule has 0 unspecified atom stereocenters. The minimum absolute atomic E-state index is 0. The largest absolute Gasteiger partial charge is 0.390 e. The van der Waals surface area contributed by atoms with Crippen LogP contribution in [0.15, 0.2) is 90.3 Å². The smallest absolute Gasteiger partial charge is 0.171 e. The number of carbonyl (C=O) groups excluding carboxylic acids is 1. The number of aldehydes is 1. The molecule has 0 atom stereocenters. The number of benzene rings is 3. The van der Waals surface area contributed by atoms with Gasteiger partial charge < -0.3 is 17.6 Å². The van der Waals surface area contributed by atoms with Crippen molar-refractivity contribution in [3.8, 4) is 12.3 Å². The average Bonchev–Trinajstić information content (AvgIpc) is 3.73. The van der Waals surface area contributed by atoms with Crippen LogP contribution in [0.3, 0.4) is 0 Å². The molecule has 0 saturated heterocycles. The molecule has 269 valence electrons. The van der Waals surface area contributed by atoms with Gasteiger partial charge in [0.05, 0.1) is 38.6 Å². The van der Waals surface area contributed by atoms with E-state index in [1.807, 2.05) is 68.3 Å². The summed E-state index contributed by atoms with van der Waals surface area (Å²) < 4.78 is 3.37. The van der Waals surface area contributed by atoms with Gasteiger partial charge in [-0.15, -0.1) is 16.6 Å². The van der Waals surface area contributed by atoms with Crippen LogP contribution in [0.25, 0.3) is 10.4 Å². The zero-order valence-corrected chi connectivity index (χ0v) is 28.4. The summed E-state index contributed by atoms with van der Waals surface area (Å²) >= 11 is 0. The van der Waals surface area contributed by atoms with E-state index in [1.54, 1.807) is 21.8 Å². The molecule has 0 saturated carbocycles. The third-order valence-electron chi connectivity index (χ3n) is 5.88. The van der Waals surface area contributed by atoms with Crippen LogP contribution in [-0.2, 0) is 44.8 Å². The predicted octanol–water partition coefficient (Wildman–Crippen LogP) is 7.35. The summed E-state index contributed by atoms with van der Waals surface area (Å²) in [5, 5.41) is 35.2. The van der Waals surface area contributed by atoms with Crippen LogP contribution >= 0.6 is 0 Å². The minimum atomic E-state index is -0.153. The number of rotatable bonds is 8. The first-order valence-corrected chi connectivity index (χ1v) is 13.9. The second kappa shape index (κ2) is 30.1. The van der Waals surface area contributed by atoms with Gasteiger partial charge in [0.15, 0.2) is 6.29 Å². The Kier molecular flexibility index (Phi) is 31.2. The van der Waals surface area contributed by atoms with Crippen molar-refractivity contribution in [3.63, 3.8) is 0 Å². The molecule has 12 nitrogen and oxygen atoms in total. The molecule has 5 rings (SSSR count). The molecular formula is C37H52N9O3V-. The summed E-state index contributed by atoms with van der Waals surface area (Å²) in [6, 6.07) is 24.4. The molecule has 0 aliphatic heterocycles. The first-order valence-electron chi connectivity index (χ1n) is 13.9. The summed E-state index contributed by atoms with van der Waals surface area (Å²) in [7, 11) is 0. The second-order valence-electron chi connectivity index (χ2n) is 9.73. The summed E-state index contributed by atoms with van der Waals surface area (Å²) in [5.41, 5.74) is 16.1. The molecule has 13 heteroatoms. The third kappa shape index (κ3) is 21.1. The molecule has 0 fully saturated rings. The minimum Gasteiger partial charge on any atom is -0.390 e. The van der Waals surface area contributed by atoms with Crippen molar-refractivity contribution >= 4 is 6.29 Å². The second-order valence-corrected chi connectivity index (χ2v) is 9.73. The van der Waals surface area contributed by atoms with Crippen LogP contribution in [-0.4, -0.2) is 53.1 Å². The van der Waals surface area contributed by atoms with Crippen molar-refractivity contribution in [1.82, 2.24) is 30.0 Å². The molecule has 50 heavy (non-hydrogen) atoms. The monoisotopic (exact) mass is 721 g/mol. The van der Waals surface area contributed by atoms with E-state index < -0.39 is 0 Å². The Bertz CT molecular complexity index is 1660. The van der Waals surface area contributed by atoms with Gasteiger partial charge in [0.1, 0.15) is 18.0 Å². The van der Waals surface area contributed by atoms with E-state index >= 15 is 0 Å². The van der Waals surface area contributed by atoms with Crippen LogP contribution in [0.1, 0.15) is 71.8 Å². The molecule has 2 heterocycles. The van der Waals surface area contributed by atoms with Gasteiger partial charge in [-0.3, -0.25) is 4.79 Å². The molecule has 3 aromatic carbocycles. The van der Waals surface area contributed by atoms with E-state index in [0.717, 1.165) is 11.1 Å². The fourth-order valence-corrected chi connectivity index (χ4v) is 3.50. The van der Waals surface area contributed by atoms with Gasteiger partial charge in [-0.25, -0.2) is 9.36 Å². The van der Waals surface area contributed by atoms with E-state index in [1.165, 1.54) is 22.3 Å². The van der Waals surface area contributed by atoms with Crippen LogP contribution in [0.2, 0.25) is 0 Å². The Labute approximate surface area is 310 Å². The number of terminal acetylenes is 1. The van der Waals surface area contributed by atoms with Crippen molar-refractivity contribution in [2.45, 2.75) is 69.3 Å². The van der Waals surface area contributed by atoms with Gasteiger partial charge in [0.25, 0.3) is 0 Å². The van der Waals surface area contributed by atoms with Gasteiger partial charge in [0.2, 0.25) is 0 Å². The van der Waals surface area contributed by atoms with Gasteiger partial charge >= 0.3 is 0 Å². The van der Waals surface area contributed by atoms with Crippen LogP contribution in [0.5, 0.6) is 0 Å². The summed E-state index contributed by atoms with van der Waals surface area (Å²) in [4.78, 5) is 13.1. The zero-order valence-electron chi connectivity index (χ0n) is 27.0. The van der Waals surface area contributed by atoms with E-state index in [0.29, 0.717) is 37.3 Å². The molecule has 0 spiro atoms. The van der Waals surface area contributed by atoms with Gasteiger partial charge in [-0.2, -0.15) is 0 Å². The number of nitrogens with zero attached hydrogens (tertiary/aromatic N) is 9. The maximum Gasteiger partial charge on any atom is 0.171 e. The van der Waals surface area contributed by atoms with Crippen molar-refractivity contribution < 1.29 is 33.6 Å². The molecule has 0 aliphatic carbocycles. The fourth-order valence-electron chi connectivity index (χ4n) is 3.50. The molecule has 0 bridgehead atoms. The Balaban J connectivity index is -0.000000290. The number of hydrogen-bond donors (Lipinski definition) is 2. The first-order chi connectivity index (χ1) is 21.8. The first kappa shape index (κ1) is 51.8. The fraction of sp³-hybridized carbons (Fsp3) is 0.297. The SMILES string of the molecule is C.C.C.C#CCO.Cc1ccc(CN=[N+]=[N-])cc1.Cc1ccc(Cn2cc(C=O)nn2)cc1.Cc1ccc(Cn2cc(CO)nn2)cc1.[CH3-].[V]. The standard InChI is InChI=1S/C11H13N3O.C11H11N3O.C8H9N3.C3H4O.3CH4.CH3.V/c2*1-9-2-4-10(5-3-9)6-14-7-11(8-15)12-13-14;1-7-2-4-8(5-3-7)6-10-11-9;1-2-3-4;;;;;/h2-5,7,15H,6,8H2,1H3;2-5,7-8H,6H2,1H3;2-5H,6H2,1H3;1,4H,3H2;3*1H4;1H3;/q;;;;;;;-1;. The normalized spacial score (nSPS) is 8.56. The van der Waals surface area contributed by atoms with Crippen LogP contribution < -0.4 is 0 Å². The molecule has 0 amide bonds. The summed E-state index contributed by atoms with van der Waals surface area (Å²) in [5.74, 6) is 1.99. The van der Waals surface area contributed by atoms with Crippen molar-refractivity contribution in [2.75, 3.05) is 6.61 Å². The van der Waals surface area contributed by atoms with Gasteiger partial charge in [-0.1, -0.05) is 133 Å². The van der Waals surface area contributed by atoms with E-state index in [9.17, 15) is 4.79 Å². The third-order valence-corrected chi connectivity index (χ3v) is 5.88. The average molecular weight is 722 g/mol. The Morgan fingerprint density at radius 3 is 1.52 bits per heavy atom. The Hall–Kier alpha value is -5.02. The summed E-state index contributed by atoms with van der Waals surface area (Å²) in [6.45, 7) is 7.68. The number of aliphatic hydroxyl groups excluding tert-OH is 2. The van der Waals surface area contributed by atoms with Crippen molar-refractivity contribution in [2.24, 2.45) is 5.11 Å². The number of azide groups is 1. The predicted molar refractivity (Wildman–Crippen MR) is 198 cm³/mol. The Morgan fingerprint density at radius 2 is 1.18 bits per heavy atom. The maximum atomic E-state index is 10.4. The quantitative estimate of drug-likeness (QED) is 0.0422. The number of carbonyl (C=O) groups is 1. The molecule has 1 radical (unpaired) electrons. The number of aliphatic hydroxyl groups is 2. The molecule has 5 aromatic rings. The maximum absolute atomic E-state index is 10.4. The van der Waals surface area contributed by atoms with E-state index in [4.69, 9.17) is 15.7 Å². The molecule has 2 aromatic heterocycles. The van der Waals surface area contributed by atoms with Gasteiger partial charge in [-0.05, 0) is 43.0 Å². The molecule has 0 aliphatic rings. The zero-order chi connectivity index (χ0) is 32.9. The van der Waals surface area contributed by atoms with Crippen molar-refractivity contribution in [3.05, 3.63) is 148 Å². The number of hydrogen-bond acceptors (Lipinski definition) is 8. The number of aryl methyl sites for hydroxylation is 3. The summed E-state index contributed by atoms with van der Waals surface area (Å²) in [6.07, 6.45) is 8.60. The van der Waals surface area contributed by atoms with Gasteiger partial charge in [0, 0.05) is 23.5 Å². The topological polar surface area (TPSA) is 168 Å². The van der Waals surface area contributed by atoms with Crippen LogP contribution in [0, 0.1) is 40.5 Å². The van der Waals surface area contributed by atoms with E-state index in [-0.39, 0.29) is 61.5 Å². The van der Waals surface area contributed by atoms with Crippen LogP contribution in [0.4, 0.5) is 0 Å². The van der Waals surface area contributed by atoms with Crippen molar-refractivity contribution in [1.29, 1.82) is 0 Å². The number of aromatic nitrogens is 6. The molecule has 2 N–H and O–H groups in total.